The molecule has 4 nitrogen and oxygen atoms in total. The van der Waals surface area contributed by atoms with Crippen LogP contribution in [0, 0.1) is 0 Å². The zero-order valence-corrected chi connectivity index (χ0v) is 16.5. The molecule has 1 aliphatic heterocycles. The third-order valence-electron chi connectivity index (χ3n) is 4.91. The van der Waals surface area contributed by atoms with Crippen molar-refractivity contribution in [1.82, 2.24) is 0 Å². The van der Waals surface area contributed by atoms with Gasteiger partial charge in [0.05, 0.1) is 22.1 Å². The van der Waals surface area contributed by atoms with Gasteiger partial charge in [0.1, 0.15) is 5.75 Å². The van der Waals surface area contributed by atoms with E-state index in [0.29, 0.717) is 0 Å². The predicted octanol–water partition coefficient (Wildman–Crippen LogP) is 5.66. The topological polar surface area (TPSA) is 46.6 Å². The monoisotopic (exact) mass is 399 g/mol. The van der Waals surface area contributed by atoms with Crippen LogP contribution in [0.2, 0.25) is 0 Å². The summed E-state index contributed by atoms with van der Waals surface area (Å²) in [6.07, 6.45) is 0. The molecule has 3 aromatic carbocycles. The lowest BCUT2D eigenvalue weighted by atomic mass is 9.73. The number of rotatable bonds is 3. The highest BCUT2D eigenvalue weighted by Crippen LogP contribution is 2.52. The second kappa shape index (κ2) is 6.29. The van der Waals surface area contributed by atoms with Crippen molar-refractivity contribution in [3.63, 3.8) is 0 Å². The summed E-state index contributed by atoms with van der Waals surface area (Å²) < 4.78 is 27.6. The molecule has 0 amide bonds. The van der Waals surface area contributed by atoms with Gasteiger partial charge in [-0.1, -0.05) is 50.2 Å². The summed E-state index contributed by atoms with van der Waals surface area (Å²) in [5.74, 6) is 0.198. The van der Waals surface area contributed by atoms with Crippen molar-refractivity contribution in [3.05, 3.63) is 83.9 Å². The highest BCUT2D eigenvalue weighted by Gasteiger charge is 2.37. The summed E-state index contributed by atoms with van der Waals surface area (Å²) in [6, 6.07) is 23.5. The van der Waals surface area contributed by atoms with E-state index < -0.39 is 9.33 Å². The number of hydrogen-bond donors (Lipinski definition) is 0. The van der Waals surface area contributed by atoms with Crippen molar-refractivity contribution in [2.75, 3.05) is 4.90 Å². The van der Waals surface area contributed by atoms with Gasteiger partial charge in [-0.3, -0.25) is 0 Å². The van der Waals surface area contributed by atoms with Crippen LogP contribution < -0.4 is 9.08 Å². The van der Waals surface area contributed by atoms with E-state index in [0.717, 1.165) is 28.2 Å². The van der Waals surface area contributed by atoms with Crippen LogP contribution in [0.25, 0.3) is 0 Å². The molecule has 0 spiro atoms. The van der Waals surface area contributed by atoms with Crippen LogP contribution in [0.4, 0.5) is 17.1 Å². The molecule has 4 rings (SSSR count). The molecule has 138 valence electrons. The number of para-hydroxylation sites is 2. The van der Waals surface area contributed by atoms with Gasteiger partial charge in [0.15, 0.2) is 0 Å². The Morgan fingerprint density at radius 1 is 0.852 bits per heavy atom. The fourth-order valence-electron chi connectivity index (χ4n) is 3.70. The largest absolute Gasteiger partial charge is 0.401 e. The van der Waals surface area contributed by atoms with E-state index in [9.17, 15) is 8.42 Å². The number of halogens is 1. The van der Waals surface area contributed by atoms with Crippen molar-refractivity contribution in [3.8, 4) is 5.75 Å². The average Bonchev–Trinajstić information content (AvgIpc) is 2.62. The lowest BCUT2D eigenvalue weighted by Gasteiger charge is -2.42. The first kappa shape index (κ1) is 17.9. The Kier molecular flexibility index (Phi) is 4.17. The van der Waals surface area contributed by atoms with Gasteiger partial charge in [0.2, 0.25) is 0 Å². The van der Waals surface area contributed by atoms with Crippen molar-refractivity contribution >= 4 is 37.1 Å². The molecule has 0 radical (unpaired) electrons. The lowest BCUT2D eigenvalue weighted by Crippen LogP contribution is -2.30. The Morgan fingerprint density at radius 2 is 1.48 bits per heavy atom. The summed E-state index contributed by atoms with van der Waals surface area (Å²) in [6.45, 7) is 4.23. The first-order chi connectivity index (χ1) is 12.8. The van der Waals surface area contributed by atoms with E-state index in [2.05, 4.69) is 30.9 Å². The Morgan fingerprint density at radius 3 is 2.19 bits per heavy atom. The molecule has 0 saturated heterocycles. The molecule has 6 heteroatoms. The third kappa shape index (κ3) is 3.17. The van der Waals surface area contributed by atoms with E-state index in [-0.39, 0.29) is 11.2 Å². The number of fused-ring (bicyclic) bond motifs is 2. The normalized spacial score (nSPS) is 15.0. The number of nitrogens with zero attached hydrogens (tertiary/aromatic N) is 1. The molecule has 0 aliphatic carbocycles. The number of hydrogen-bond acceptors (Lipinski definition) is 4. The minimum Gasteiger partial charge on any atom is -0.371 e. The molecule has 0 saturated carbocycles. The maximum Gasteiger partial charge on any atom is 0.401 e. The van der Waals surface area contributed by atoms with Gasteiger partial charge in [-0.15, -0.1) is 0 Å². The van der Waals surface area contributed by atoms with Crippen LogP contribution in [0.3, 0.4) is 0 Å². The summed E-state index contributed by atoms with van der Waals surface area (Å²) >= 11 is 0. The molecule has 1 heterocycles. The van der Waals surface area contributed by atoms with Crippen molar-refractivity contribution in [2.45, 2.75) is 19.3 Å². The van der Waals surface area contributed by atoms with E-state index in [4.69, 9.17) is 14.9 Å². The molecule has 0 aromatic heterocycles. The summed E-state index contributed by atoms with van der Waals surface area (Å²) in [5.41, 5.74) is 4.87. The number of anilines is 3. The van der Waals surface area contributed by atoms with E-state index in [1.54, 1.807) is 12.1 Å². The fraction of sp³-hybridized carbons (Fsp3) is 0.143. The van der Waals surface area contributed by atoms with Gasteiger partial charge in [0, 0.05) is 11.1 Å². The van der Waals surface area contributed by atoms with E-state index >= 15 is 0 Å². The maximum absolute atomic E-state index is 11.3. The molecule has 0 bridgehead atoms. The second-order valence-electron chi connectivity index (χ2n) is 6.97. The van der Waals surface area contributed by atoms with Crippen LogP contribution in [-0.2, 0) is 14.7 Å². The van der Waals surface area contributed by atoms with Gasteiger partial charge in [-0.2, -0.15) is 8.42 Å². The van der Waals surface area contributed by atoms with Crippen molar-refractivity contribution in [1.29, 1.82) is 0 Å². The Labute approximate surface area is 163 Å². The molecule has 0 unspecified atom stereocenters. The second-order valence-corrected chi connectivity index (χ2v) is 9.06. The van der Waals surface area contributed by atoms with Crippen LogP contribution in [0.1, 0.15) is 25.0 Å². The SMILES string of the molecule is CC1(C)c2ccccc2N(c2ccccc2)c2ccc(OS(=O)(=O)Cl)cc21. The Bertz CT molecular complexity index is 1110. The third-order valence-corrected chi connectivity index (χ3v) is 5.49. The summed E-state index contributed by atoms with van der Waals surface area (Å²) in [7, 11) is 1.16. The quantitative estimate of drug-likeness (QED) is 0.533. The van der Waals surface area contributed by atoms with Crippen molar-refractivity contribution in [2.24, 2.45) is 0 Å². The fourth-order valence-corrected chi connectivity index (χ4v) is 4.26. The molecule has 1 aliphatic rings. The lowest BCUT2D eigenvalue weighted by molar-refractivity contribution is 0.501. The van der Waals surface area contributed by atoms with E-state index in [1.807, 2.05) is 48.5 Å². The molecule has 0 N–H and O–H groups in total. The molecular weight excluding hydrogens is 382 g/mol. The van der Waals surface area contributed by atoms with Gasteiger partial charge < -0.3 is 9.08 Å². The molecule has 0 atom stereocenters. The molecule has 0 fully saturated rings. The number of benzene rings is 3. The van der Waals surface area contributed by atoms with E-state index in [1.165, 1.54) is 0 Å². The van der Waals surface area contributed by atoms with Gasteiger partial charge in [-0.25, -0.2) is 0 Å². The maximum atomic E-state index is 11.3. The van der Waals surface area contributed by atoms with Crippen LogP contribution in [-0.4, -0.2) is 8.42 Å². The average molecular weight is 400 g/mol. The van der Waals surface area contributed by atoms with Gasteiger partial charge >= 0.3 is 9.33 Å². The smallest absolute Gasteiger partial charge is 0.371 e. The first-order valence-electron chi connectivity index (χ1n) is 8.51. The zero-order valence-electron chi connectivity index (χ0n) is 14.9. The highest BCUT2D eigenvalue weighted by atomic mass is 35.7. The van der Waals surface area contributed by atoms with Crippen molar-refractivity contribution < 1.29 is 12.6 Å². The highest BCUT2D eigenvalue weighted by molar-refractivity contribution is 8.10. The first-order valence-corrected chi connectivity index (χ1v) is 10.7. The summed E-state index contributed by atoms with van der Waals surface area (Å²) in [4.78, 5) is 2.18. The summed E-state index contributed by atoms with van der Waals surface area (Å²) in [5, 5.41) is 0. The van der Waals surface area contributed by atoms with Crippen LogP contribution in [0.15, 0.2) is 72.8 Å². The molecule has 27 heavy (non-hydrogen) atoms. The van der Waals surface area contributed by atoms with Crippen LogP contribution >= 0.6 is 10.7 Å². The molecular formula is C21H18ClNO3S. The van der Waals surface area contributed by atoms with Crippen LogP contribution in [0.5, 0.6) is 5.75 Å². The molecule has 3 aromatic rings. The van der Waals surface area contributed by atoms with Gasteiger partial charge in [0.25, 0.3) is 0 Å². The minimum absolute atomic E-state index is 0.198. The predicted molar refractivity (Wildman–Crippen MR) is 109 cm³/mol. The standard InChI is InChI=1S/C21H18ClNO3S/c1-21(2)17-10-6-7-11-19(17)23(15-8-4-3-5-9-15)20-13-12-16(14-18(20)21)26-27(22,24)25/h3-14H,1-2H3. The minimum atomic E-state index is -4.11. The Balaban J connectivity index is 1.97. The van der Waals surface area contributed by atoms with Gasteiger partial charge in [-0.05, 0) is 47.5 Å². The zero-order chi connectivity index (χ0) is 19.2. The Hall–Kier alpha value is -2.50.